The zero-order valence-electron chi connectivity index (χ0n) is 17.4. The van der Waals surface area contributed by atoms with Crippen LogP contribution >= 0.6 is 0 Å². The second kappa shape index (κ2) is 11.0. The standard InChI is InChI=1S/C25H21N3O4/c1-31-23-13-6-5-12-22(23)28-24(29)17-32-21-11-7-8-18(15-21)14-19(16-26)25(30)27-20-9-3-2-4-10-20/h2-15H,17H2,1H3,(H,27,30)(H,28,29)/b19-14+. The van der Waals surface area contributed by atoms with E-state index in [9.17, 15) is 14.9 Å². The summed E-state index contributed by atoms with van der Waals surface area (Å²) in [5.74, 6) is 0.108. The molecule has 0 aliphatic rings. The van der Waals surface area contributed by atoms with Crippen molar-refractivity contribution in [2.45, 2.75) is 0 Å². The molecule has 0 aliphatic carbocycles. The van der Waals surface area contributed by atoms with Crippen LogP contribution in [0.3, 0.4) is 0 Å². The van der Waals surface area contributed by atoms with Crippen molar-refractivity contribution in [2.75, 3.05) is 24.4 Å². The summed E-state index contributed by atoms with van der Waals surface area (Å²) in [6, 6.07) is 24.6. The Morgan fingerprint density at radius 2 is 1.72 bits per heavy atom. The third-order valence-electron chi connectivity index (χ3n) is 4.32. The van der Waals surface area contributed by atoms with Gasteiger partial charge in [0.15, 0.2) is 6.61 Å². The summed E-state index contributed by atoms with van der Waals surface area (Å²) in [7, 11) is 1.52. The number of carbonyl (C=O) groups is 2. The van der Waals surface area contributed by atoms with Gasteiger partial charge in [-0.25, -0.2) is 0 Å². The first-order chi connectivity index (χ1) is 15.6. The SMILES string of the molecule is COc1ccccc1NC(=O)COc1cccc(/C=C(\C#N)C(=O)Nc2ccccc2)c1. The largest absolute Gasteiger partial charge is 0.495 e. The lowest BCUT2D eigenvalue weighted by molar-refractivity contribution is -0.118. The maximum Gasteiger partial charge on any atom is 0.266 e. The summed E-state index contributed by atoms with van der Waals surface area (Å²) < 4.78 is 10.8. The Kier molecular flexibility index (Phi) is 7.60. The van der Waals surface area contributed by atoms with Gasteiger partial charge in [0.05, 0.1) is 12.8 Å². The van der Waals surface area contributed by atoms with Gasteiger partial charge < -0.3 is 20.1 Å². The highest BCUT2D eigenvalue weighted by molar-refractivity contribution is 6.09. The van der Waals surface area contributed by atoms with Crippen LogP contribution in [-0.4, -0.2) is 25.5 Å². The second-order valence-electron chi connectivity index (χ2n) is 6.60. The molecular formula is C25H21N3O4. The van der Waals surface area contributed by atoms with Crippen LogP contribution < -0.4 is 20.1 Å². The molecule has 0 aliphatic heterocycles. The molecule has 0 saturated heterocycles. The summed E-state index contributed by atoms with van der Waals surface area (Å²) in [6.45, 7) is -0.217. The van der Waals surface area contributed by atoms with Crippen LogP contribution in [0.1, 0.15) is 5.56 Å². The molecule has 0 aromatic heterocycles. The fourth-order valence-electron chi connectivity index (χ4n) is 2.81. The fraction of sp³-hybridized carbons (Fsp3) is 0.0800. The van der Waals surface area contributed by atoms with Crippen molar-refractivity contribution in [1.29, 1.82) is 5.26 Å². The minimum absolute atomic E-state index is 0.0556. The molecule has 3 aromatic carbocycles. The van der Waals surface area contributed by atoms with E-state index in [-0.39, 0.29) is 18.1 Å². The predicted molar refractivity (Wildman–Crippen MR) is 122 cm³/mol. The normalized spacial score (nSPS) is 10.6. The molecule has 7 heteroatoms. The molecule has 160 valence electrons. The van der Waals surface area contributed by atoms with Crippen LogP contribution in [0.25, 0.3) is 6.08 Å². The quantitative estimate of drug-likeness (QED) is 0.413. The third-order valence-corrected chi connectivity index (χ3v) is 4.32. The molecule has 2 amide bonds. The Hall–Kier alpha value is -4.57. The van der Waals surface area contributed by atoms with Crippen molar-refractivity contribution in [2.24, 2.45) is 0 Å². The van der Waals surface area contributed by atoms with Crippen molar-refractivity contribution in [3.05, 3.63) is 90.0 Å². The van der Waals surface area contributed by atoms with E-state index in [0.717, 1.165) is 0 Å². The molecule has 0 atom stereocenters. The van der Waals surface area contributed by atoms with Gasteiger partial charge in [-0.3, -0.25) is 9.59 Å². The second-order valence-corrected chi connectivity index (χ2v) is 6.60. The predicted octanol–water partition coefficient (Wildman–Crippen LogP) is 4.26. The maximum atomic E-state index is 12.4. The smallest absolute Gasteiger partial charge is 0.266 e. The van der Waals surface area contributed by atoms with Crippen molar-refractivity contribution >= 4 is 29.3 Å². The van der Waals surface area contributed by atoms with Crippen LogP contribution in [0, 0.1) is 11.3 Å². The summed E-state index contributed by atoms with van der Waals surface area (Å²) in [5.41, 5.74) is 1.67. The number of nitrogens with zero attached hydrogens (tertiary/aromatic N) is 1. The number of rotatable bonds is 8. The number of benzene rings is 3. The number of amides is 2. The highest BCUT2D eigenvalue weighted by Gasteiger charge is 2.11. The van der Waals surface area contributed by atoms with Gasteiger partial charge in [-0.2, -0.15) is 5.26 Å². The molecule has 0 saturated carbocycles. The van der Waals surface area contributed by atoms with Crippen molar-refractivity contribution in [1.82, 2.24) is 0 Å². The highest BCUT2D eigenvalue weighted by Crippen LogP contribution is 2.23. The molecule has 0 radical (unpaired) electrons. The van der Waals surface area contributed by atoms with Crippen molar-refractivity contribution in [3.8, 4) is 17.6 Å². The maximum absolute atomic E-state index is 12.4. The van der Waals surface area contributed by atoms with Crippen molar-refractivity contribution in [3.63, 3.8) is 0 Å². The number of hydrogen-bond acceptors (Lipinski definition) is 5. The summed E-state index contributed by atoms with van der Waals surface area (Å²) in [5, 5.41) is 14.8. The zero-order chi connectivity index (χ0) is 22.8. The fourth-order valence-corrected chi connectivity index (χ4v) is 2.81. The molecule has 32 heavy (non-hydrogen) atoms. The molecule has 0 fully saturated rings. The third kappa shape index (κ3) is 6.21. The van der Waals surface area contributed by atoms with Crippen LogP contribution in [-0.2, 0) is 9.59 Å². The zero-order valence-corrected chi connectivity index (χ0v) is 17.4. The number of anilines is 2. The lowest BCUT2D eigenvalue weighted by Crippen LogP contribution is -2.20. The molecule has 3 aromatic rings. The lowest BCUT2D eigenvalue weighted by Gasteiger charge is -2.11. The average molecular weight is 427 g/mol. The number of carbonyl (C=O) groups excluding carboxylic acids is 2. The van der Waals surface area contributed by atoms with Gasteiger partial charge >= 0.3 is 0 Å². The molecular weight excluding hydrogens is 406 g/mol. The number of nitriles is 1. The van der Waals surface area contributed by atoms with Crippen LogP contribution in [0.4, 0.5) is 11.4 Å². The van der Waals surface area contributed by atoms with Crippen molar-refractivity contribution < 1.29 is 19.1 Å². The molecule has 0 spiro atoms. The molecule has 0 bridgehead atoms. The topological polar surface area (TPSA) is 100 Å². The average Bonchev–Trinajstić information content (AvgIpc) is 2.82. The Morgan fingerprint density at radius 1 is 0.969 bits per heavy atom. The van der Waals surface area contributed by atoms with E-state index in [2.05, 4.69) is 10.6 Å². The minimum Gasteiger partial charge on any atom is -0.495 e. The van der Waals surface area contributed by atoms with Crippen LogP contribution in [0.2, 0.25) is 0 Å². The minimum atomic E-state index is -0.513. The van der Waals surface area contributed by atoms with Gasteiger partial charge in [-0.05, 0) is 48.0 Å². The highest BCUT2D eigenvalue weighted by atomic mass is 16.5. The van der Waals surface area contributed by atoms with E-state index in [1.165, 1.54) is 13.2 Å². The summed E-state index contributed by atoms with van der Waals surface area (Å²) in [6.07, 6.45) is 1.46. The van der Waals surface area contributed by atoms with Gasteiger partial charge in [0.2, 0.25) is 0 Å². The van der Waals surface area contributed by atoms with E-state index in [0.29, 0.717) is 28.4 Å². The van der Waals surface area contributed by atoms with Crippen LogP contribution in [0.5, 0.6) is 11.5 Å². The number of nitrogens with one attached hydrogen (secondary N) is 2. The molecule has 3 rings (SSSR count). The summed E-state index contributed by atoms with van der Waals surface area (Å²) in [4.78, 5) is 24.6. The number of ether oxygens (including phenoxy) is 2. The lowest BCUT2D eigenvalue weighted by atomic mass is 10.1. The van der Waals surface area contributed by atoms with E-state index >= 15 is 0 Å². The number of para-hydroxylation sites is 3. The Morgan fingerprint density at radius 3 is 2.47 bits per heavy atom. The number of methoxy groups -OCH3 is 1. The van der Waals surface area contributed by atoms with E-state index < -0.39 is 5.91 Å². The monoisotopic (exact) mass is 427 g/mol. The van der Waals surface area contributed by atoms with Gasteiger partial charge in [0.1, 0.15) is 23.1 Å². The first-order valence-electron chi connectivity index (χ1n) is 9.73. The van der Waals surface area contributed by atoms with Gasteiger partial charge in [0.25, 0.3) is 11.8 Å². The molecule has 0 unspecified atom stereocenters. The summed E-state index contributed by atoms with van der Waals surface area (Å²) >= 11 is 0. The molecule has 2 N–H and O–H groups in total. The van der Waals surface area contributed by atoms with Gasteiger partial charge in [0, 0.05) is 5.69 Å². The Balaban J connectivity index is 1.63. The Labute approximate surface area is 185 Å². The Bertz CT molecular complexity index is 1170. The molecule has 7 nitrogen and oxygen atoms in total. The van der Waals surface area contributed by atoms with Crippen LogP contribution in [0.15, 0.2) is 84.4 Å². The van der Waals surface area contributed by atoms with E-state index in [4.69, 9.17) is 9.47 Å². The number of hydrogen-bond donors (Lipinski definition) is 2. The van der Waals surface area contributed by atoms with Gasteiger partial charge in [-0.1, -0.05) is 42.5 Å². The van der Waals surface area contributed by atoms with Gasteiger partial charge in [-0.15, -0.1) is 0 Å². The first-order valence-corrected chi connectivity index (χ1v) is 9.73. The van der Waals surface area contributed by atoms with E-state index in [1.807, 2.05) is 12.1 Å². The van der Waals surface area contributed by atoms with E-state index in [1.54, 1.807) is 72.8 Å². The molecule has 0 heterocycles. The first kappa shape index (κ1) is 22.1.